The van der Waals surface area contributed by atoms with Crippen molar-refractivity contribution in [3.63, 3.8) is 0 Å². The van der Waals surface area contributed by atoms with Gasteiger partial charge in [0.2, 0.25) is 0 Å². The van der Waals surface area contributed by atoms with Crippen molar-refractivity contribution in [1.29, 1.82) is 0 Å². The number of ether oxygens (including phenoxy) is 2. The Hall–Kier alpha value is -2.86. The van der Waals surface area contributed by atoms with E-state index in [4.69, 9.17) is 21.1 Å². The summed E-state index contributed by atoms with van der Waals surface area (Å²) in [5.41, 5.74) is 2.07. The lowest BCUT2D eigenvalue weighted by atomic mass is 9.81. The number of nitrogens with zero attached hydrogens (tertiary/aromatic N) is 1. The van der Waals surface area contributed by atoms with Gasteiger partial charge >= 0.3 is 5.97 Å². The Morgan fingerprint density at radius 3 is 2.55 bits per heavy atom. The molecule has 0 aliphatic carbocycles. The van der Waals surface area contributed by atoms with E-state index < -0.39 is 11.6 Å². The maximum atomic E-state index is 13.0. The highest BCUT2D eigenvalue weighted by Gasteiger charge is 2.44. The van der Waals surface area contributed by atoms with Crippen molar-refractivity contribution in [2.75, 3.05) is 13.1 Å². The second-order valence-corrected chi connectivity index (χ2v) is 8.68. The number of benzene rings is 2. The molecule has 1 saturated heterocycles. The van der Waals surface area contributed by atoms with E-state index in [0.29, 0.717) is 53.6 Å². The van der Waals surface area contributed by atoms with Crippen molar-refractivity contribution in [2.24, 2.45) is 0 Å². The number of ketones is 1. The molecule has 162 valence electrons. The van der Waals surface area contributed by atoms with Crippen molar-refractivity contribution in [2.45, 2.75) is 45.6 Å². The Morgan fingerprint density at radius 2 is 1.87 bits per heavy atom. The molecule has 31 heavy (non-hydrogen) atoms. The molecule has 2 aliphatic heterocycles. The van der Waals surface area contributed by atoms with Crippen molar-refractivity contribution in [1.82, 2.24) is 4.90 Å². The number of Topliss-reactive ketones (excluding diaryl/α,β-unsaturated/α-hetero) is 1. The summed E-state index contributed by atoms with van der Waals surface area (Å²) in [6.07, 6.45) is 1.41. The van der Waals surface area contributed by atoms with Crippen LogP contribution in [0.5, 0.6) is 11.5 Å². The van der Waals surface area contributed by atoms with Crippen LogP contribution in [0.15, 0.2) is 30.3 Å². The number of rotatable bonds is 2. The maximum Gasteiger partial charge on any atom is 0.308 e. The topological polar surface area (TPSA) is 72.9 Å². The molecule has 1 fully saturated rings. The van der Waals surface area contributed by atoms with Crippen LogP contribution >= 0.6 is 11.6 Å². The third-order valence-electron chi connectivity index (χ3n) is 6.04. The molecule has 2 heterocycles. The lowest BCUT2D eigenvalue weighted by Gasteiger charge is -2.44. The summed E-state index contributed by atoms with van der Waals surface area (Å²) < 4.78 is 11.4. The average Bonchev–Trinajstić information content (AvgIpc) is 2.71. The van der Waals surface area contributed by atoms with E-state index in [0.717, 1.165) is 11.1 Å². The van der Waals surface area contributed by atoms with Gasteiger partial charge in [0, 0.05) is 43.4 Å². The molecule has 0 radical (unpaired) electrons. The minimum Gasteiger partial charge on any atom is -0.486 e. The van der Waals surface area contributed by atoms with Crippen molar-refractivity contribution in [3.8, 4) is 11.5 Å². The summed E-state index contributed by atoms with van der Waals surface area (Å²) >= 11 is 6.33. The molecule has 6 nitrogen and oxygen atoms in total. The summed E-state index contributed by atoms with van der Waals surface area (Å²) in [5, 5.41) is 0.600. The van der Waals surface area contributed by atoms with Crippen LogP contribution in [0.1, 0.15) is 58.0 Å². The number of aryl methyl sites for hydroxylation is 1. The first-order valence-corrected chi connectivity index (χ1v) is 10.7. The molecule has 7 heteroatoms. The Labute approximate surface area is 186 Å². The first kappa shape index (κ1) is 21.4. The smallest absolute Gasteiger partial charge is 0.308 e. The van der Waals surface area contributed by atoms with Gasteiger partial charge in [0.05, 0.1) is 12.0 Å². The molecule has 0 aromatic heterocycles. The summed E-state index contributed by atoms with van der Waals surface area (Å²) in [6.45, 7) is 6.02. The lowest BCUT2D eigenvalue weighted by molar-refractivity contribution is -0.131. The van der Waals surface area contributed by atoms with E-state index in [1.165, 1.54) is 6.92 Å². The van der Waals surface area contributed by atoms with Crippen LogP contribution in [0, 0.1) is 13.8 Å². The van der Waals surface area contributed by atoms with Crippen molar-refractivity contribution < 1.29 is 23.9 Å². The third kappa shape index (κ3) is 4.04. The molecular formula is C24H24ClNO5. The summed E-state index contributed by atoms with van der Waals surface area (Å²) in [7, 11) is 0. The van der Waals surface area contributed by atoms with Gasteiger partial charge in [-0.25, -0.2) is 0 Å². The summed E-state index contributed by atoms with van der Waals surface area (Å²) in [5.74, 6) is 0.397. The standard InChI is InChI=1S/C24H24ClNO5/c1-14-11-20-21(15(2)22(14)25)19(28)13-24(31-20)7-9-26(10-8-24)23(29)17-5-4-6-18(12-17)30-16(3)27/h4-6,11-12H,7-10,13H2,1-3H3. The number of esters is 1. The second kappa shape index (κ2) is 8.00. The van der Waals surface area contributed by atoms with E-state index in [2.05, 4.69) is 0 Å². The quantitative estimate of drug-likeness (QED) is 0.506. The zero-order valence-corrected chi connectivity index (χ0v) is 18.5. The molecule has 1 amide bonds. The predicted octanol–water partition coefficient (Wildman–Crippen LogP) is 4.52. The van der Waals surface area contributed by atoms with Crippen LogP contribution in [0.2, 0.25) is 5.02 Å². The van der Waals surface area contributed by atoms with Gasteiger partial charge in [0.1, 0.15) is 17.1 Å². The first-order chi connectivity index (χ1) is 14.7. The van der Waals surface area contributed by atoms with Gasteiger partial charge in [-0.1, -0.05) is 17.7 Å². The average molecular weight is 442 g/mol. The number of halogens is 1. The molecule has 2 aromatic rings. The van der Waals surface area contributed by atoms with Gasteiger partial charge < -0.3 is 14.4 Å². The molecule has 0 bridgehead atoms. The summed E-state index contributed by atoms with van der Waals surface area (Å²) in [4.78, 5) is 38.8. The van der Waals surface area contributed by atoms with E-state index in [1.54, 1.807) is 29.2 Å². The maximum absolute atomic E-state index is 13.0. The van der Waals surface area contributed by atoms with E-state index in [1.807, 2.05) is 19.9 Å². The molecule has 1 spiro atoms. The van der Waals surface area contributed by atoms with E-state index >= 15 is 0 Å². The number of hydrogen-bond donors (Lipinski definition) is 0. The predicted molar refractivity (Wildman–Crippen MR) is 116 cm³/mol. The van der Waals surface area contributed by atoms with Gasteiger partial charge in [-0.05, 0) is 49.2 Å². The van der Waals surface area contributed by atoms with E-state index in [-0.39, 0.29) is 18.1 Å². The zero-order chi connectivity index (χ0) is 22.3. The number of fused-ring (bicyclic) bond motifs is 1. The lowest BCUT2D eigenvalue weighted by Crippen LogP contribution is -2.52. The van der Waals surface area contributed by atoms with Gasteiger partial charge in [-0.15, -0.1) is 0 Å². The van der Waals surface area contributed by atoms with Gasteiger partial charge in [-0.2, -0.15) is 0 Å². The van der Waals surface area contributed by atoms with Gasteiger partial charge in [-0.3, -0.25) is 14.4 Å². The van der Waals surface area contributed by atoms with Crippen LogP contribution in [-0.2, 0) is 4.79 Å². The highest BCUT2D eigenvalue weighted by Crippen LogP contribution is 2.43. The van der Waals surface area contributed by atoms with Crippen molar-refractivity contribution in [3.05, 3.63) is 57.6 Å². The Morgan fingerprint density at radius 1 is 1.16 bits per heavy atom. The SMILES string of the molecule is CC(=O)Oc1cccc(C(=O)N2CCC3(CC2)CC(=O)c2c(cc(C)c(Cl)c2C)O3)c1. The molecule has 0 atom stereocenters. The Kier molecular flexibility index (Phi) is 5.52. The molecule has 0 unspecified atom stereocenters. The fourth-order valence-corrected chi connectivity index (χ4v) is 4.59. The number of carbonyl (C=O) groups is 3. The fourth-order valence-electron chi connectivity index (χ4n) is 4.44. The normalized spacial score (nSPS) is 17.2. The minimum absolute atomic E-state index is 0.0366. The van der Waals surface area contributed by atoms with Crippen LogP contribution in [-0.4, -0.2) is 41.3 Å². The number of carbonyl (C=O) groups excluding carboxylic acids is 3. The third-order valence-corrected chi connectivity index (χ3v) is 6.62. The monoisotopic (exact) mass is 441 g/mol. The largest absolute Gasteiger partial charge is 0.486 e. The Balaban J connectivity index is 1.49. The first-order valence-electron chi connectivity index (χ1n) is 10.3. The van der Waals surface area contributed by atoms with E-state index in [9.17, 15) is 14.4 Å². The second-order valence-electron chi connectivity index (χ2n) is 8.30. The highest BCUT2D eigenvalue weighted by atomic mass is 35.5. The molecule has 0 saturated carbocycles. The number of piperidine rings is 1. The highest BCUT2D eigenvalue weighted by molar-refractivity contribution is 6.32. The zero-order valence-electron chi connectivity index (χ0n) is 17.8. The number of hydrogen-bond acceptors (Lipinski definition) is 5. The molecule has 2 aromatic carbocycles. The molecular weight excluding hydrogens is 418 g/mol. The molecule has 0 N–H and O–H groups in total. The number of likely N-dealkylation sites (tertiary alicyclic amines) is 1. The molecule has 4 rings (SSSR count). The number of amides is 1. The van der Waals surface area contributed by atoms with Crippen LogP contribution < -0.4 is 9.47 Å². The van der Waals surface area contributed by atoms with Crippen LogP contribution in [0.4, 0.5) is 0 Å². The fraction of sp³-hybridized carbons (Fsp3) is 0.375. The van der Waals surface area contributed by atoms with Gasteiger partial charge in [0.25, 0.3) is 5.91 Å². The molecule has 2 aliphatic rings. The van der Waals surface area contributed by atoms with Gasteiger partial charge in [0.15, 0.2) is 5.78 Å². The summed E-state index contributed by atoms with van der Waals surface area (Å²) in [6, 6.07) is 8.43. The minimum atomic E-state index is -0.604. The van der Waals surface area contributed by atoms with Crippen molar-refractivity contribution >= 4 is 29.3 Å². The Bertz CT molecular complexity index is 1090. The van der Waals surface area contributed by atoms with Crippen LogP contribution in [0.3, 0.4) is 0 Å². The van der Waals surface area contributed by atoms with Crippen LogP contribution in [0.25, 0.3) is 0 Å².